The molecule has 2 aromatic carbocycles. The SMILES string of the molecule is COc1ccc(-c2ccc(-c3ccc(S(=O)(=O)OC(C)(C)C)cc3)s2)cc1. The van der Waals surface area contributed by atoms with Crippen LogP contribution in [0.1, 0.15) is 20.8 Å². The van der Waals surface area contributed by atoms with Gasteiger partial charge in [-0.3, -0.25) is 4.18 Å². The fourth-order valence-corrected chi connectivity index (χ4v) is 4.81. The number of methoxy groups -OCH3 is 1. The van der Waals surface area contributed by atoms with Crippen LogP contribution in [0.5, 0.6) is 5.75 Å². The summed E-state index contributed by atoms with van der Waals surface area (Å²) in [6.07, 6.45) is 0. The summed E-state index contributed by atoms with van der Waals surface area (Å²) in [6.45, 7) is 5.14. The Morgan fingerprint density at radius 1 is 0.778 bits per heavy atom. The molecule has 0 unspecified atom stereocenters. The van der Waals surface area contributed by atoms with Crippen molar-refractivity contribution in [2.45, 2.75) is 31.3 Å². The maximum absolute atomic E-state index is 12.3. The van der Waals surface area contributed by atoms with Crippen LogP contribution in [0.25, 0.3) is 20.9 Å². The molecule has 0 N–H and O–H groups in total. The topological polar surface area (TPSA) is 52.6 Å². The zero-order chi connectivity index (χ0) is 19.7. The highest BCUT2D eigenvalue weighted by molar-refractivity contribution is 7.86. The molecule has 1 aromatic heterocycles. The fraction of sp³-hybridized carbons (Fsp3) is 0.238. The van der Waals surface area contributed by atoms with Crippen molar-refractivity contribution in [3.8, 4) is 26.6 Å². The van der Waals surface area contributed by atoms with Gasteiger partial charge in [0, 0.05) is 9.75 Å². The van der Waals surface area contributed by atoms with Crippen LogP contribution in [0.15, 0.2) is 65.6 Å². The van der Waals surface area contributed by atoms with Crippen molar-refractivity contribution < 1.29 is 17.3 Å². The van der Waals surface area contributed by atoms with E-state index in [0.29, 0.717) is 0 Å². The van der Waals surface area contributed by atoms with Gasteiger partial charge in [-0.15, -0.1) is 11.3 Å². The third kappa shape index (κ3) is 4.77. The van der Waals surface area contributed by atoms with E-state index in [9.17, 15) is 8.42 Å². The van der Waals surface area contributed by atoms with Crippen LogP contribution in [-0.2, 0) is 14.3 Å². The van der Waals surface area contributed by atoms with Crippen molar-refractivity contribution in [2.75, 3.05) is 7.11 Å². The Bertz CT molecular complexity index is 1010. The number of hydrogen-bond acceptors (Lipinski definition) is 5. The molecule has 0 saturated heterocycles. The fourth-order valence-electron chi connectivity index (χ4n) is 2.57. The Balaban J connectivity index is 1.83. The molecule has 0 atom stereocenters. The summed E-state index contributed by atoms with van der Waals surface area (Å²) in [5.74, 6) is 0.824. The molecule has 0 amide bonds. The number of rotatable bonds is 5. The highest BCUT2D eigenvalue weighted by Gasteiger charge is 2.23. The van der Waals surface area contributed by atoms with Crippen molar-refractivity contribution in [1.29, 1.82) is 0 Å². The quantitative estimate of drug-likeness (QED) is 0.522. The van der Waals surface area contributed by atoms with Crippen molar-refractivity contribution in [2.24, 2.45) is 0 Å². The molecule has 0 aliphatic rings. The van der Waals surface area contributed by atoms with E-state index in [1.807, 2.05) is 42.5 Å². The van der Waals surface area contributed by atoms with Crippen molar-refractivity contribution in [3.05, 3.63) is 60.7 Å². The monoisotopic (exact) mass is 402 g/mol. The van der Waals surface area contributed by atoms with Gasteiger partial charge in [0.2, 0.25) is 0 Å². The van der Waals surface area contributed by atoms with Gasteiger partial charge in [0.25, 0.3) is 10.1 Å². The minimum atomic E-state index is -3.77. The van der Waals surface area contributed by atoms with E-state index in [2.05, 4.69) is 6.07 Å². The second-order valence-electron chi connectivity index (χ2n) is 7.07. The average molecular weight is 403 g/mol. The number of ether oxygens (including phenoxy) is 1. The molecule has 27 heavy (non-hydrogen) atoms. The highest BCUT2D eigenvalue weighted by atomic mass is 32.2. The van der Waals surface area contributed by atoms with Gasteiger partial charge in [-0.1, -0.05) is 12.1 Å². The van der Waals surface area contributed by atoms with Crippen LogP contribution in [0.2, 0.25) is 0 Å². The van der Waals surface area contributed by atoms with E-state index in [-0.39, 0.29) is 4.90 Å². The molecular weight excluding hydrogens is 380 g/mol. The summed E-state index contributed by atoms with van der Waals surface area (Å²) in [5, 5.41) is 0. The molecule has 0 aliphatic carbocycles. The van der Waals surface area contributed by atoms with Gasteiger partial charge in [0.05, 0.1) is 17.6 Å². The lowest BCUT2D eigenvalue weighted by atomic mass is 10.1. The molecule has 0 bridgehead atoms. The van der Waals surface area contributed by atoms with Crippen LogP contribution >= 0.6 is 11.3 Å². The molecule has 4 nitrogen and oxygen atoms in total. The summed E-state index contributed by atoms with van der Waals surface area (Å²) in [4.78, 5) is 2.37. The molecule has 142 valence electrons. The summed E-state index contributed by atoms with van der Waals surface area (Å²) in [6, 6.07) is 18.8. The molecule has 1 heterocycles. The van der Waals surface area contributed by atoms with Gasteiger partial charge in [-0.25, -0.2) is 0 Å². The van der Waals surface area contributed by atoms with Crippen LogP contribution in [0.3, 0.4) is 0 Å². The smallest absolute Gasteiger partial charge is 0.297 e. The summed E-state index contributed by atoms with van der Waals surface area (Å²) in [5.41, 5.74) is 1.32. The molecule has 0 radical (unpaired) electrons. The molecule has 0 spiro atoms. The Kier molecular flexibility index (Phi) is 5.42. The maximum Gasteiger partial charge on any atom is 0.297 e. The molecule has 0 saturated carbocycles. The Morgan fingerprint density at radius 3 is 1.70 bits per heavy atom. The van der Waals surface area contributed by atoms with Crippen molar-refractivity contribution in [3.63, 3.8) is 0 Å². The third-order valence-corrected chi connectivity index (χ3v) is 6.52. The van der Waals surface area contributed by atoms with Gasteiger partial charge in [-0.2, -0.15) is 8.42 Å². The Labute approximate surface area is 164 Å². The summed E-state index contributed by atoms with van der Waals surface area (Å²) in [7, 11) is -2.12. The summed E-state index contributed by atoms with van der Waals surface area (Å²) >= 11 is 1.65. The highest BCUT2D eigenvalue weighted by Crippen LogP contribution is 2.35. The standard InChI is InChI=1S/C21H22O4S2/c1-21(2,3)25-27(22,23)18-11-7-16(8-12-18)20-14-13-19(26-20)15-5-9-17(24-4)10-6-15/h5-14H,1-4H3. The Hall–Kier alpha value is -2.15. The second-order valence-corrected chi connectivity index (χ2v) is 9.70. The van der Waals surface area contributed by atoms with Gasteiger partial charge in [-0.05, 0) is 80.4 Å². The first-order valence-corrected chi connectivity index (χ1v) is 10.7. The van der Waals surface area contributed by atoms with Crippen LogP contribution in [0.4, 0.5) is 0 Å². The van der Waals surface area contributed by atoms with E-state index < -0.39 is 15.7 Å². The van der Waals surface area contributed by atoms with Gasteiger partial charge in [0.15, 0.2) is 0 Å². The average Bonchev–Trinajstić information content (AvgIpc) is 3.10. The van der Waals surface area contributed by atoms with E-state index in [0.717, 1.165) is 26.6 Å². The third-order valence-electron chi connectivity index (χ3n) is 3.77. The number of thiophene rings is 1. The molecule has 3 rings (SSSR count). The summed E-state index contributed by atoms with van der Waals surface area (Å²) < 4.78 is 35.0. The first-order valence-electron chi connectivity index (χ1n) is 8.48. The zero-order valence-corrected chi connectivity index (χ0v) is 17.4. The molecule has 0 aliphatic heterocycles. The predicted octanol–water partition coefficient (Wildman–Crippen LogP) is 5.59. The lowest BCUT2D eigenvalue weighted by Crippen LogP contribution is -2.24. The van der Waals surface area contributed by atoms with Gasteiger partial charge < -0.3 is 4.74 Å². The van der Waals surface area contributed by atoms with Crippen LogP contribution < -0.4 is 4.74 Å². The van der Waals surface area contributed by atoms with Gasteiger partial charge >= 0.3 is 0 Å². The van der Waals surface area contributed by atoms with Crippen molar-refractivity contribution >= 4 is 21.5 Å². The van der Waals surface area contributed by atoms with Crippen LogP contribution in [0, 0.1) is 0 Å². The lowest BCUT2D eigenvalue weighted by Gasteiger charge is -2.18. The number of benzene rings is 2. The largest absolute Gasteiger partial charge is 0.497 e. The first-order chi connectivity index (χ1) is 12.7. The molecule has 6 heteroatoms. The number of hydrogen-bond donors (Lipinski definition) is 0. The maximum atomic E-state index is 12.3. The minimum Gasteiger partial charge on any atom is -0.497 e. The van der Waals surface area contributed by atoms with E-state index in [1.165, 1.54) is 0 Å². The lowest BCUT2D eigenvalue weighted by molar-refractivity contribution is 0.139. The van der Waals surface area contributed by atoms with E-state index in [4.69, 9.17) is 8.92 Å². The second kappa shape index (κ2) is 7.46. The van der Waals surface area contributed by atoms with Gasteiger partial charge in [0.1, 0.15) is 5.75 Å². The zero-order valence-electron chi connectivity index (χ0n) is 15.7. The van der Waals surface area contributed by atoms with Crippen LogP contribution in [-0.4, -0.2) is 21.1 Å². The minimum absolute atomic E-state index is 0.160. The van der Waals surface area contributed by atoms with Crippen molar-refractivity contribution in [1.82, 2.24) is 0 Å². The molecular formula is C21H22O4S2. The van der Waals surface area contributed by atoms with E-state index in [1.54, 1.807) is 51.4 Å². The Morgan fingerprint density at radius 2 is 1.26 bits per heavy atom. The predicted molar refractivity (Wildman–Crippen MR) is 110 cm³/mol. The molecule has 3 aromatic rings. The normalized spacial score (nSPS) is 12.1. The van der Waals surface area contributed by atoms with E-state index >= 15 is 0 Å². The first kappa shape index (κ1) is 19.6. The molecule has 0 fully saturated rings.